The Hall–Kier alpha value is -4.37. The van der Waals surface area contributed by atoms with Gasteiger partial charge in [-0.2, -0.15) is 4.99 Å². The minimum atomic E-state index is -0.722. The SMILES string of the molecule is O=C(N=C1N=Nc2nc(CC(=O)c3cccc4ccccc34)c(O)n21)Nc1ccc(Cl)cc1. The second-order valence-corrected chi connectivity index (χ2v) is 7.63. The Morgan fingerprint density at radius 1 is 1.00 bits per heavy atom. The Morgan fingerprint density at radius 2 is 1.76 bits per heavy atom. The zero-order valence-electron chi connectivity index (χ0n) is 16.9. The zero-order valence-corrected chi connectivity index (χ0v) is 17.7. The van der Waals surface area contributed by atoms with Gasteiger partial charge >= 0.3 is 6.03 Å². The number of fused-ring (bicyclic) bond motifs is 2. The van der Waals surface area contributed by atoms with Gasteiger partial charge in [0.2, 0.25) is 5.88 Å². The standard InChI is InChI=1S/C23H15ClN6O3/c24-14-8-10-15(11-9-14)25-23(33)27-22-29-28-21-26-18(20(32)30(21)22)12-19(31)17-7-3-5-13-4-1-2-6-16(13)17/h1-11,32H,12H2,(H,25,33). The molecule has 4 aromatic rings. The molecule has 0 aliphatic carbocycles. The number of azo groups is 1. The molecule has 3 aromatic carbocycles. The summed E-state index contributed by atoms with van der Waals surface area (Å²) in [7, 11) is 0. The van der Waals surface area contributed by atoms with E-state index in [9.17, 15) is 14.7 Å². The van der Waals surface area contributed by atoms with Crippen LogP contribution in [0.1, 0.15) is 16.1 Å². The highest BCUT2D eigenvalue weighted by molar-refractivity contribution is 6.30. The maximum atomic E-state index is 13.0. The first-order chi connectivity index (χ1) is 16.0. The van der Waals surface area contributed by atoms with Crippen LogP contribution in [0.15, 0.2) is 82.0 Å². The van der Waals surface area contributed by atoms with Crippen LogP contribution in [0.4, 0.5) is 16.4 Å². The van der Waals surface area contributed by atoms with Gasteiger partial charge in [-0.05, 0) is 35.0 Å². The van der Waals surface area contributed by atoms with Crippen LogP contribution in [0.3, 0.4) is 0 Å². The topological polar surface area (TPSA) is 121 Å². The number of aromatic nitrogens is 2. The molecular weight excluding hydrogens is 444 g/mol. The van der Waals surface area contributed by atoms with Crippen molar-refractivity contribution in [2.45, 2.75) is 6.42 Å². The molecule has 10 heteroatoms. The molecule has 1 aromatic heterocycles. The summed E-state index contributed by atoms with van der Waals surface area (Å²) < 4.78 is 1.12. The van der Waals surface area contributed by atoms with E-state index in [1.165, 1.54) is 0 Å². The monoisotopic (exact) mass is 458 g/mol. The number of imidazole rings is 1. The van der Waals surface area contributed by atoms with Gasteiger partial charge in [-0.1, -0.05) is 54.1 Å². The number of nitrogens with zero attached hydrogens (tertiary/aromatic N) is 5. The zero-order chi connectivity index (χ0) is 22.9. The summed E-state index contributed by atoms with van der Waals surface area (Å²) >= 11 is 5.84. The molecule has 0 fully saturated rings. The summed E-state index contributed by atoms with van der Waals surface area (Å²) in [6, 6.07) is 18.8. The largest absolute Gasteiger partial charge is 0.493 e. The molecule has 0 saturated carbocycles. The first kappa shape index (κ1) is 20.5. The van der Waals surface area contributed by atoms with Crippen LogP contribution in [0.2, 0.25) is 5.02 Å². The molecule has 2 amide bonds. The first-order valence-electron chi connectivity index (χ1n) is 9.88. The number of rotatable bonds is 4. The van der Waals surface area contributed by atoms with E-state index in [1.54, 1.807) is 36.4 Å². The van der Waals surface area contributed by atoms with Gasteiger partial charge in [0.1, 0.15) is 5.69 Å². The molecule has 162 valence electrons. The predicted molar refractivity (Wildman–Crippen MR) is 124 cm³/mol. The van der Waals surface area contributed by atoms with Crippen LogP contribution in [0, 0.1) is 0 Å². The van der Waals surface area contributed by atoms with Gasteiger partial charge in [-0.3, -0.25) is 4.79 Å². The van der Waals surface area contributed by atoms with Gasteiger partial charge in [0, 0.05) is 16.3 Å². The van der Waals surface area contributed by atoms with E-state index in [0.29, 0.717) is 16.3 Å². The van der Waals surface area contributed by atoms with Gasteiger partial charge < -0.3 is 10.4 Å². The number of ketones is 1. The van der Waals surface area contributed by atoms with Crippen molar-refractivity contribution in [1.29, 1.82) is 0 Å². The highest BCUT2D eigenvalue weighted by Gasteiger charge is 2.27. The third-order valence-electron chi connectivity index (χ3n) is 5.05. The number of halogens is 1. The molecule has 0 unspecified atom stereocenters. The maximum Gasteiger partial charge on any atom is 0.348 e. The quantitative estimate of drug-likeness (QED) is 0.400. The van der Waals surface area contributed by atoms with Crippen LogP contribution in [-0.2, 0) is 6.42 Å². The van der Waals surface area contributed by atoms with E-state index in [2.05, 4.69) is 25.5 Å². The van der Waals surface area contributed by atoms with E-state index in [1.807, 2.05) is 30.3 Å². The fourth-order valence-electron chi connectivity index (χ4n) is 3.51. The number of urea groups is 1. The minimum absolute atomic E-state index is 0.0336. The summed E-state index contributed by atoms with van der Waals surface area (Å²) in [4.78, 5) is 33.3. The summed E-state index contributed by atoms with van der Waals surface area (Å²) in [5.41, 5.74) is 1.13. The number of amides is 2. The highest BCUT2D eigenvalue weighted by Crippen LogP contribution is 2.31. The Morgan fingerprint density at radius 3 is 2.58 bits per heavy atom. The third-order valence-corrected chi connectivity index (χ3v) is 5.30. The highest BCUT2D eigenvalue weighted by atomic mass is 35.5. The number of benzene rings is 3. The smallest absolute Gasteiger partial charge is 0.348 e. The van der Waals surface area contributed by atoms with Crippen LogP contribution in [-0.4, -0.2) is 32.4 Å². The van der Waals surface area contributed by atoms with E-state index < -0.39 is 6.03 Å². The molecule has 9 nitrogen and oxygen atoms in total. The normalized spacial score (nSPS) is 13.4. The second-order valence-electron chi connectivity index (χ2n) is 7.19. The van der Waals surface area contributed by atoms with Gasteiger partial charge in [-0.15, -0.1) is 10.2 Å². The summed E-state index contributed by atoms with van der Waals surface area (Å²) in [5, 5.41) is 23.1. The van der Waals surface area contributed by atoms with Gasteiger partial charge in [0.05, 0.1) is 6.42 Å². The number of Topliss-reactive ketones (excluding diaryl/α,β-unsaturated/α-hetero) is 1. The fourth-order valence-corrected chi connectivity index (χ4v) is 3.64. The van der Waals surface area contributed by atoms with Gasteiger partial charge in [0.25, 0.3) is 11.9 Å². The fraction of sp³-hybridized carbons (Fsp3) is 0.0435. The number of aliphatic imine (C=N–C) groups is 1. The molecule has 0 saturated heterocycles. The Kier molecular flexibility index (Phi) is 5.15. The lowest BCUT2D eigenvalue weighted by molar-refractivity contribution is 0.0992. The number of anilines is 1. The minimum Gasteiger partial charge on any atom is -0.493 e. The summed E-state index contributed by atoms with van der Waals surface area (Å²) in [5.74, 6) is -0.687. The lowest BCUT2D eigenvalue weighted by Crippen LogP contribution is -2.13. The van der Waals surface area contributed by atoms with Crippen molar-refractivity contribution in [3.63, 3.8) is 0 Å². The number of aromatic hydroxyl groups is 1. The van der Waals surface area contributed by atoms with E-state index >= 15 is 0 Å². The van der Waals surface area contributed by atoms with Crippen molar-refractivity contribution in [2.24, 2.45) is 15.2 Å². The molecule has 2 N–H and O–H groups in total. The molecule has 1 aliphatic heterocycles. The Balaban J connectivity index is 1.38. The van der Waals surface area contributed by atoms with Crippen LogP contribution < -0.4 is 5.32 Å². The number of carbonyl (C=O) groups is 2. The number of hydrogen-bond donors (Lipinski definition) is 2. The maximum absolute atomic E-state index is 13.0. The second kappa shape index (κ2) is 8.29. The van der Waals surface area contributed by atoms with E-state index in [4.69, 9.17) is 11.6 Å². The third kappa shape index (κ3) is 3.97. The van der Waals surface area contributed by atoms with Gasteiger partial charge in [-0.25, -0.2) is 14.3 Å². The van der Waals surface area contributed by atoms with Crippen molar-refractivity contribution in [3.05, 3.63) is 83.0 Å². The molecule has 33 heavy (non-hydrogen) atoms. The van der Waals surface area contributed by atoms with Crippen LogP contribution >= 0.6 is 11.6 Å². The summed E-state index contributed by atoms with van der Waals surface area (Å²) in [6.07, 6.45) is -0.153. The number of carbonyl (C=O) groups excluding carboxylic acids is 2. The molecule has 0 atom stereocenters. The predicted octanol–water partition coefficient (Wildman–Crippen LogP) is 5.35. The van der Waals surface area contributed by atoms with Crippen LogP contribution in [0.5, 0.6) is 5.88 Å². The Bertz CT molecular complexity index is 1470. The Labute approximate surface area is 192 Å². The van der Waals surface area contributed by atoms with Crippen LogP contribution in [0.25, 0.3) is 10.8 Å². The summed E-state index contributed by atoms with van der Waals surface area (Å²) in [6.45, 7) is 0. The average Bonchev–Trinajstić information content (AvgIpc) is 3.34. The van der Waals surface area contributed by atoms with Crippen molar-refractivity contribution < 1.29 is 14.7 Å². The molecular formula is C23H15ClN6O3. The average molecular weight is 459 g/mol. The lowest BCUT2D eigenvalue weighted by atomic mass is 9.99. The molecule has 1 aliphatic rings. The number of hydrogen-bond acceptors (Lipinski definition) is 5. The van der Waals surface area contributed by atoms with E-state index in [0.717, 1.165) is 15.3 Å². The lowest BCUT2D eigenvalue weighted by Gasteiger charge is -2.05. The molecule has 0 spiro atoms. The van der Waals surface area contributed by atoms with Crippen molar-refractivity contribution in [1.82, 2.24) is 9.55 Å². The van der Waals surface area contributed by atoms with Gasteiger partial charge in [0.15, 0.2) is 5.78 Å². The molecule has 0 radical (unpaired) electrons. The molecule has 5 rings (SSSR count). The number of nitrogens with one attached hydrogen (secondary N) is 1. The van der Waals surface area contributed by atoms with Crippen molar-refractivity contribution >= 4 is 51.8 Å². The first-order valence-corrected chi connectivity index (χ1v) is 10.3. The van der Waals surface area contributed by atoms with E-state index in [-0.39, 0.29) is 35.7 Å². The molecule has 0 bridgehead atoms. The molecule has 2 heterocycles. The van der Waals surface area contributed by atoms with Crippen molar-refractivity contribution in [2.75, 3.05) is 5.32 Å². The van der Waals surface area contributed by atoms with Crippen molar-refractivity contribution in [3.8, 4) is 5.88 Å².